The molecular formula is C25H30N4O3S2. The van der Waals surface area contributed by atoms with E-state index in [1.165, 1.54) is 14.6 Å². The zero-order valence-corrected chi connectivity index (χ0v) is 21.2. The van der Waals surface area contributed by atoms with E-state index in [0.29, 0.717) is 31.0 Å². The van der Waals surface area contributed by atoms with Gasteiger partial charge in [-0.1, -0.05) is 35.1 Å². The number of thiazole rings is 1. The topological polar surface area (TPSA) is 73.8 Å². The van der Waals surface area contributed by atoms with Crippen molar-refractivity contribution in [1.29, 1.82) is 0 Å². The first kappa shape index (κ1) is 23.3. The molecule has 180 valence electrons. The Morgan fingerprint density at radius 3 is 2.41 bits per heavy atom. The van der Waals surface area contributed by atoms with Gasteiger partial charge in [-0.2, -0.15) is 4.31 Å². The third-order valence-electron chi connectivity index (χ3n) is 6.79. The zero-order valence-electron chi connectivity index (χ0n) is 19.6. The van der Waals surface area contributed by atoms with E-state index in [2.05, 4.69) is 30.0 Å². The first-order valence-corrected chi connectivity index (χ1v) is 14.0. The summed E-state index contributed by atoms with van der Waals surface area (Å²) >= 11 is 1.70. The van der Waals surface area contributed by atoms with E-state index in [4.69, 9.17) is 4.98 Å². The number of sulfonamides is 1. The molecule has 1 unspecified atom stereocenters. The van der Waals surface area contributed by atoms with Crippen molar-refractivity contribution in [2.45, 2.75) is 31.6 Å². The normalized spacial score (nSPS) is 20.1. The maximum Gasteiger partial charge on any atom is 0.243 e. The SMILES string of the molecule is Cc1ccc(S(=O)(=O)N2CCCC(C(=O)N3CCN(c4nc5ccc(C)cc5s4)CC3)C2)cc1. The number of anilines is 1. The fourth-order valence-corrected chi connectivity index (χ4v) is 7.39. The van der Waals surface area contributed by atoms with E-state index in [1.54, 1.807) is 23.5 Å². The van der Waals surface area contributed by atoms with Crippen molar-refractivity contribution in [1.82, 2.24) is 14.2 Å². The lowest BCUT2D eigenvalue weighted by molar-refractivity contribution is -0.137. The summed E-state index contributed by atoms with van der Waals surface area (Å²) in [6.07, 6.45) is 1.43. The molecule has 2 saturated heterocycles. The van der Waals surface area contributed by atoms with Gasteiger partial charge in [0, 0.05) is 39.3 Å². The van der Waals surface area contributed by atoms with Gasteiger partial charge in [-0.3, -0.25) is 4.79 Å². The van der Waals surface area contributed by atoms with E-state index in [-0.39, 0.29) is 18.4 Å². The zero-order chi connectivity index (χ0) is 23.9. The summed E-state index contributed by atoms with van der Waals surface area (Å²) in [6.45, 7) is 7.48. The van der Waals surface area contributed by atoms with E-state index >= 15 is 0 Å². The fourth-order valence-electron chi connectivity index (χ4n) is 4.75. The highest BCUT2D eigenvalue weighted by Gasteiger charge is 2.36. The number of hydrogen-bond donors (Lipinski definition) is 0. The molecule has 34 heavy (non-hydrogen) atoms. The van der Waals surface area contributed by atoms with E-state index in [9.17, 15) is 13.2 Å². The minimum absolute atomic E-state index is 0.0726. The van der Waals surface area contributed by atoms with Crippen molar-refractivity contribution in [2.24, 2.45) is 5.92 Å². The summed E-state index contributed by atoms with van der Waals surface area (Å²) in [5.41, 5.74) is 3.26. The lowest BCUT2D eigenvalue weighted by Crippen LogP contribution is -2.53. The molecule has 1 aromatic heterocycles. The molecule has 3 heterocycles. The average Bonchev–Trinajstić information content (AvgIpc) is 3.27. The number of benzene rings is 2. The predicted molar refractivity (Wildman–Crippen MR) is 136 cm³/mol. The molecule has 0 aliphatic carbocycles. The molecule has 3 aromatic rings. The lowest BCUT2D eigenvalue weighted by Gasteiger charge is -2.38. The first-order chi connectivity index (χ1) is 16.3. The number of piperidine rings is 1. The Morgan fingerprint density at radius 2 is 1.68 bits per heavy atom. The minimum Gasteiger partial charge on any atom is -0.345 e. The van der Waals surface area contributed by atoms with Crippen molar-refractivity contribution in [3.63, 3.8) is 0 Å². The van der Waals surface area contributed by atoms with Gasteiger partial charge in [-0.25, -0.2) is 13.4 Å². The van der Waals surface area contributed by atoms with Gasteiger partial charge in [0.15, 0.2) is 5.13 Å². The van der Waals surface area contributed by atoms with Crippen LogP contribution in [-0.4, -0.2) is 67.8 Å². The standard InChI is InChI=1S/C25H30N4O3S2/c1-18-5-8-21(9-6-18)34(31,32)29-11-3-4-20(17-29)24(30)27-12-14-28(15-13-27)25-26-22-10-7-19(2)16-23(22)33-25/h5-10,16,20H,3-4,11-15,17H2,1-2H3. The molecule has 0 bridgehead atoms. The van der Waals surface area contributed by atoms with Crippen LogP contribution in [0.2, 0.25) is 0 Å². The maximum atomic E-state index is 13.3. The Morgan fingerprint density at radius 1 is 0.971 bits per heavy atom. The van der Waals surface area contributed by atoms with Crippen molar-refractivity contribution >= 4 is 42.6 Å². The van der Waals surface area contributed by atoms with Gasteiger partial charge in [0.1, 0.15) is 0 Å². The number of carbonyl (C=O) groups is 1. The van der Waals surface area contributed by atoms with Gasteiger partial charge >= 0.3 is 0 Å². The molecule has 5 rings (SSSR count). The van der Waals surface area contributed by atoms with Crippen LogP contribution in [0.5, 0.6) is 0 Å². The average molecular weight is 499 g/mol. The molecule has 1 atom stereocenters. The second-order valence-electron chi connectivity index (χ2n) is 9.30. The van der Waals surface area contributed by atoms with Crippen LogP contribution in [0.15, 0.2) is 47.4 Å². The van der Waals surface area contributed by atoms with Gasteiger partial charge in [0.05, 0.1) is 21.0 Å². The molecule has 2 fully saturated rings. The molecular weight excluding hydrogens is 468 g/mol. The highest BCUT2D eigenvalue weighted by molar-refractivity contribution is 7.89. The Bertz CT molecular complexity index is 1300. The molecule has 1 amide bonds. The monoisotopic (exact) mass is 498 g/mol. The third kappa shape index (κ3) is 4.56. The number of aryl methyl sites for hydroxylation is 2. The lowest BCUT2D eigenvalue weighted by atomic mass is 9.98. The number of carbonyl (C=O) groups excluding carboxylic acids is 1. The first-order valence-electron chi connectivity index (χ1n) is 11.8. The summed E-state index contributed by atoms with van der Waals surface area (Å²) in [5.74, 6) is -0.214. The Balaban J connectivity index is 1.22. The Kier molecular flexibility index (Phi) is 6.35. The molecule has 2 aromatic carbocycles. The molecule has 2 aliphatic heterocycles. The summed E-state index contributed by atoms with van der Waals surface area (Å²) in [7, 11) is -3.59. The van der Waals surface area contributed by atoms with Crippen LogP contribution in [-0.2, 0) is 14.8 Å². The van der Waals surface area contributed by atoms with Gasteiger partial charge in [0.25, 0.3) is 0 Å². The molecule has 0 N–H and O–H groups in total. The van der Waals surface area contributed by atoms with E-state index in [0.717, 1.165) is 35.7 Å². The highest BCUT2D eigenvalue weighted by atomic mass is 32.2. The number of piperazine rings is 1. The van der Waals surface area contributed by atoms with Gasteiger partial charge in [0.2, 0.25) is 15.9 Å². The summed E-state index contributed by atoms with van der Waals surface area (Å²) in [4.78, 5) is 22.5. The van der Waals surface area contributed by atoms with Crippen molar-refractivity contribution < 1.29 is 13.2 Å². The number of rotatable bonds is 4. The summed E-state index contributed by atoms with van der Waals surface area (Å²) < 4.78 is 28.9. The Hall–Kier alpha value is -2.49. The minimum atomic E-state index is -3.59. The van der Waals surface area contributed by atoms with Crippen molar-refractivity contribution in [3.05, 3.63) is 53.6 Å². The van der Waals surface area contributed by atoms with Gasteiger partial charge in [-0.05, 0) is 56.5 Å². The van der Waals surface area contributed by atoms with Gasteiger partial charge < -0.3 is 9.80 Å². The summed E-state index contributed by atoms with van der Waals surface area (Å²) in [6, 6.07) is 13.2. The predicted octanol–water partition coefficient (Wildman–Crippen LogP) is 3.66. The number of nitrogens with zero attached hydrogens (tertiary/aromatic N) is 4. The highest BCUT2D eigenvalue weighted by Crippen LogP contribution is 2.31. The van der Waals surface area contributed by atoms with Crippen molar-refractivity contribution in [2.75, 3.05) is 44.2 Å². The number of hydrogen-bond acceptors (Lipinski definition) is 6. The second kappa shape index (κ2) is 9.28. The maximum absolute atomic E-state index is 13.3. The largest absolute Gasteiger partial charge is 0.345 e. The molecule has 7 nitrogen and oxygen atoms in total. The summed E-state index contributed by atoms with van der Waals surface area (Å²) in [5, 5.41) is 1.00. The van der Waals surface area contributed by atoms with E-state index in [1.807, 2.05) is 24.0 Å². The van der Waals surface area contributed by atoms with Crippen molar-refractivity contribution in [3.8, 4) is 0 Å². The van der Waals surface area contributed by atoms with Crippen LogP contribution in [0.1, 0.15) is 24.0 Å². The quantitative estimate of drug-likeness (QED) is 0.549. The molecule has 2 aliphatic rings. The second-order valence-corrected chi connectivity index (χ2v) is 12.2. The molecule has 0 spiro atoms. The van der Waals surface area contributed by atoms with Crippen LogP contribution in [0, 0.1) is 19.8 Å². The fraction of sp³-hybridized carbons (Fsp3) is 0.440. The third-order valence-corrected chi connectivity index (χ3v) is 9.74. The van der Waals surface area contributed by atoms with E-state index < -0.39 is 10.0 Å². The van der Waals surface area contributed by atoms with Crippen LogP contribution < -0.4 is 4.90 Å². The smallest absolute Gasteiger partial charge is 0.243 e. The van der Waals surface area contributed by atoms with Crippen LogP contribution in [0.4, 0.5) is 5.13 Å². The Labute approximate surface area is 205 Å². The molecule has 9 heteroatoms. The number of amides is 1. The number of fused-ring (bicyclic) bond motifs is 1. The number of aromatic nitrogens is 1. The molecule has 0 radical (unpaired) electrons. The molecule has 0 saturated carbocycles. The van der Waals surface area contributed by atoms with Gasteiger partial charge in [-0.15, -0.1) is 0 Å². The van der Waals surface area contributed by atoms with Crippen LogP contribution in [0.25, 0.3) is 10.2 Å². The van der Waals surface area contributed by atoms with Crippen LogP contribution >= 0.6 is 11.3 Å². The van der Waals surface area contributed by atoms with Crippen LogP contribution in [0.3, 0.4) is 0 Å².